The summed E-state index contributed by atoms with van der Waals surface area (Å²) in [5.74, 6) is -3.36. The van der Waals surface area contributed by atoms with Crippen molar-refractivity contribution >= 4 is 50.6 Å². The minimum atomic E-state index is -1.30. The zero-order valence-corrected chi connectivity index (χ0v) is 28.7. The highest BCUT2D eigenvalue weighted by Crippen LogP contribution is 2.63. The molecule has 2 amide bonds. The van der Waals surface area contributed by atoms with Gasteiger partial charge in [-0.25, -0.2) is 0 Å². The molecular formula is C42H34BrNO6. The van der Waals surface area contributed by atoms with Crippen LogP contribution >= 0.6 is 15.9 Å². The number of fused-ring (bicyclic) bond motifs is 4. The summed E-state index contributed by atoms with van der Waals surface area (Å²) in [5, 5.41) is 9.32. The zero-order valence-electron chi connectivity index (χ0n) is 27.1. The second-order valence-electron chi connectivity index (χ2n) is 13.4. The largest absolute Gasteiger partial charge is 0.491 e. The zero-order chi connectivity index (χ0) is 34.6. The van der Waals surface area contributed by atoms with E-state index in [9.17, 15) is 14.7 Å². The number of aliphatic hydroxyl groups is 1. The number of aliphatic hydroxyl groups excluding tert-OH is 1. The molecular weight excluding hydrogens is 694 g/mol. The van der Waals surface area contributed by atoms with Crippen molar-refractivity contribution < 1.29 is 29.0 Å². The molecule has 3 aliphatic carbocycles. The Morgan fingerprint density at radius 2 is 1.48 bits per heavy atom. The highest BCUT2D eigenvalue weighted by molar-refractivity contribution is 9.10. The molecule has 4 aromatic carbocycles. The second-order valence-corrected chi connectivity index (χ2v) is 14.3. The van der Waals surface area contributed by atoms with Gasteiger partial charge in [0.1, 0.15) is 12.4 Å². The number of carbonyl (C=O) groups excluding carboxylic acids is 4. The number of benzene rings is 4. The van der Waals surface area contributed by atoms with Crippen molar-refractivity contribution in [1.82, 2.24) is 0 Å². The Bertz CT molecular complexity index is 2060. The summed E-state index contributed by atoms with van der Waals surface area (Å²) in [6.45, 7) is 0.0111. The number of hydrogen-bond donors (Lipinski definition) is 1. The Morgan fingerprint density at radius 3 is 2.16 bits per heavy atom. The number of carbonyl (C=O) groups is 4. The number of halogens is 1. The van der Waals surface area contributed by atoms with E-state index in [2.05, 4.69) is 22.0 Å². The van der Waals surface area contributed by atoms with Crippen LogP contribution in [0.4, 0.5) is 5.69 Å². The van der Waals surface area contributed by atoms with Gasteiger partial charge in [-0.3, -0.25) is 24.1 Å². The van der Waals surface area contributed by atoms with Gasteiger partial charge in [-0.15, -0.1) is 0 Å². The van der Waals surface area contributed by atoms with E-state index in [1.54, 1.807) is 12.1 Å². The van der Waals surface area contributed by atoms with Crippen molar-refractivity contribution in [3.05, 3.63) is 148 Å². The van der Waals surface area contributed by atoms with Crippen LogP contribution in [0.2, 0.25) is 0 Å². The van der Waals surface area contributed by atoms with Crippen LogP contribution in [-0.4, -0.2) is 41.7 Å². The van der Waals surface area contributed by atoms with Gasteiger partial charge >= 0.3 is 0 Å². The highest BCUT2D eigenvalue weighted by Gasteiger charge is 2.66. The van der Waals surface area contributed by atoms with Crippen molar-refractivity contribution in [2.75, 3.05) is 18.1 Å². The first-order valence-corrected chi connectivity index (χ1v) is 17.7. The summed E-state index contributed by atoms with van der Waals surface area (Å²) in [6.07, 6.45) is 4.19. The van der Waals surface area contributed by atoms with Gasteiger partial charge in [0, 0.05) is 21.9 Å². The van der Waals surface area contributed by atoms with E-state index in [0.717, 1.165) is 21.2 Å². The Morgan fingerprint density at radius 1 is 0.800 bits per heavy atom. The molecule has 8 heteroatoms. The summed E-state index contributed by atoms with van der Waals surface area (Å²) >= 11 is 3.45. The average Bonchev–Trinajstić information content (AvgIpc) is 3.41. The van der Waals surface area contributed by atoms with Gasteiger partial charge in [0.25, 0.3) is 0 Å². The van der Waals surface area contributed by atoms with Crippen LogP contribution in [0, 0.1) is 23.7 Å². The standard InChI is InChI=1S/C42H34BrNO6/c43-28-13-15-29(16-14-28)44-40(48)32-20-19-31-34(37(32)41(44)49)23-35-39(47)33(25-7-3-1-4-8-25)24-36(46)42(35,27-9-5-2-6-10-27)38(31)26-11-17-30(18-12-26)50-22-21-45/h1-19,24,32,34-35,37-38,45H,20-23H2. The molecule has 0 bridgehead atoms. The SMILES string of the molecule is O=C1C(c2ccccc2)=CC(=O)C2(c3ccccc3)C1CC1C(=CCC3C(=O)N(c4ccc(Br)cc4)C(=O)C31)C2c1ccc(OCCO)cc1. The Labute approximate surface area is 298 Å². The number of nitrogens with zero attached hydrogens (tertiary/aromatic N) is 1. The van der Waals surface area contributed by atoms with Gasteiger partial charge in [-0.1, -0.05) is 100 Å². The van der Waals surface area contributed by atoms with Gasteiger partial charge in [-0.05, 0) is 77.9 Å². The number of anilines is 1. The van der Waals surface area contributed by atoms with Crippen LogP contribution in [0.3, 0.4) is 0 Å². The monoisotopic (exact) mass is 727 g/mol. The molecule has 1 heterocycles. The maximum absolute atomic E-state index is 15.1. The first-order chi connectivity index (χ1) is 24.3. The topological polar surface area (TPSA) is 101 Å². The van der Waals surface area contributed by atoms with Gasteiger partial charge < -0.3 is 9.84 Å². The maximum atomic E-state index is 15.1. The fourth-order valence-electron chi connectivity index (χ4n) is 9.01. The number of ether oxygens (including phenoxy) is 1. The number of allylic oxidation sites excluding steroid dienone is 4. The first kappa shape index (κ1) is 32.3. The van der Waals surface area contributed by atoms with Gasteiger partial charge in [0.15, 0.2) is 11.6 Å². The number of Topliss-reactive ketones (excluding diaryl/α,β-unsaturated/α-hetero) is 1. The second kappa shape index (κ2) is 12.8. The minimum absolute atomic E-state index is 0.128. The van der Waals surface area contributed by atoms with Crippen LogP contribution in [0.15, 0.2) is 131 Å². The molecule has 6 unspecified atom stereocenters. The molecule has 1 N–H and O–H groups in total. The van der Waals surface area contributed by atoms with E-state index in [-0.39, 0.29) is 43.0 Å². The predicted molar refractivity (Wildman–Crippen MR) is 192 cm³/mol. The molecule has 1 saturated carbocycles. The van der Waals surface area contributed by atoms with Gasteiger partial charge in [0.2, 0.25) is 11.8 Å². The molecule has 1 aliphatic heterocycles. The molecule has 4 aromatic rings. The van der Waals surface area contributed by atoms with Crippen molar-refractivity contribution in [3.8, 4) is 5.75 Å². The van der Waals surface area contributed by atoms with E-state index < -0.39 is 35.0 Å². The average molecular weight is 729 g/mol. The van der Waals surface area contributed by atoms with Gasteiger partial charge in [0.05, 0.1) is 29.5 Å². The van der Waals surface area contributed by atoms with Crippen molar-refractivity contribution in [2.24, 2.45) is 23.7 Å². The van der Waals surface area contributed by atoms with Crippen LogP contribution in [0.25, 0.3) is 5.57 Å². The Kier molecular flexibility index (Phi) is 8.24. The van der Waals surface area contributed by atoms with Crippen molar-refractivity contribution in [2.45, 2.75) is 24.2 Å². The lowest BCUT2D eigenvalue weighted by molar-refractivity contribution is -0.135. The lowest BCUT2D eigenvalue weighted by Gasteiger charge is -2.55. The molecule has 1 saturated heterocycles. The van der Waals surface area contributed by atoms with E-state index in [1.807, 2.05) is 97.1 Å². The van der Waals surface area contributed by atoms with E-state index >= 15 is 9.59 Å². The summed E-state index contributed by atoms with van der Waals surface area (Å²) in [4.78, 5) is 59.9. The first-order valence-electron chi connectivity index (χ1n) is 16.9. The van der Waals surface area contributed by atoms with Crippen LogP contribution in [-0.2, 0) is 24.6 Å². The van der Waals surface area contributed by atoms with E-state index in [1.165, 1.54) is 11.0 Å². The molecule has 4 aliphatic rings. The lowest BCUT2D eigenvalue weighted by Crippen LogP contribution is -2.58. The summed E-state index contributed by atoms with van der Waals surface area (Å²) in [5.41, 5.74) is 2.72. The minimum Gasteiger partial charge on any atom is -0.491 e. The summed E-state index contributed by atoms with van der Waals surface area (Å²) in [6, 6.07) is 33.4. The number of ketones is 2. The third-order valence-corrected chi connectivity index (χ3v) is 11.6. The molecule has 7 nitrogen and oxygen atoms in total. The Balaban J connectivity index is 1.33. The quantitative estimate of drug-likeness (QED) is 0.165. The van der Waals surface area contributed by atoms with Crippen molar-refractivity contribution in [3.63, 3.8) is 0 Å². The van der Waals surface area contributed by atoms with Crippen LogP contribution in [0.5, 0.6) is 5.75 Å². The molecule has 250 valence electrons. The van der Waals surface area contributed by atoms with Crippen LogP contribution in [0.1, 0.15) is 35.4 Å². The molecule has 8 rings (SSSR count). The molecule has 50 heavy (non-hydrogen) atoms. The summed E-state index contributed by atoms with van der Waals surface area (Å²) < 4.78 is 6.52. The van der Waals surface area contributed by atoms with Crippen LogP contribution < -0.4 is 9.64 Å². The summed E-state index contributed by atoms with van der Waals surface area (Å²) in [7, 11) is 0. The molecule has 2 fully saturated rings. The molecule has 0 radical (unpaired) electrons. The number of hydrogen-bond acceptors (Lipinski definition) is 6. The number of imide groups is 1. The number of amides is 2. The van der Waals surface area contributed by atoms with E-state index in [4.69, 9.17) is 4.74 Å². The molecule has 6 atom stereocenters. The number of rotatable bonds is 7. The fraction of sp³-hybridized carbons (Fsp3) is 0.238. The predicted octanol–water partition coefficient (Wildman–Crippen LogP) is 6.85. The third kappa shape index (κ3) is 4.95. The maximum Gasteiger partial charge on any atom is 0.238 e. The normalized spacial score (nSPS) is 27.2. The van der Waals surface area contributed by atoms with Crippen molar-refractivity contribution in [1.29, 1.82) is 0 Å². The van der Waals surface area contributed by atoms with Gasteiger partial charge in [-0.2, -0.15) is 0 Å². The molecule has 0 spiro atoms. The fourth-order valence-corrected chi connectivity index (χ4v) is 9.28. The molecule has 0 aromatic heterocycles. The lowest BCUT2D eigenvalue weighted by atomic mass is 9.44. The van der Waals surface area contributed by atoms with E-state index in [0.29, 0.717) is 29.0 Å². The Hall–Kier alpha value is -4.92. The highest BCUT2D eigenvalue weighted by atomic mass is 79.9. The third-order valence-electron chi connectivity index (χ3n) is 11.0. The smallest absolute Gasteiger partial charge is 0.238 e.